The van der Waals surface area contributed by atoms with Crippen LogP contribution >= 0.6 is 11.3 Å². The predicted molar refractivity (Wildman–Crippen MR) is 113 cm³/mol. The van der Waals surface area contributed by atoms with Crippen molar-refractivity contribution in [1.29, 1.82) is 0 Å². The number of pyridine rings is 1. The second-order valence-corrected chi connectivity index (χ2v) is 9.51. The summed E-state index contributed by atoms with van der Waals surface area (Å²) in [6, 6.07) is 8.93. The number of hydrogen-bond acceptors (Lipinski definition) is 2. The van der Waals surface area contributed by atoms with Crippen LogP contribution in [0.1, 0.15) is 76.0 Å². The third-order valence-corrected chi connectivity index (χ3v) is 7.74. The molecule has 2 heteroatoms. The first-order chi connectivity index (χ1) is 12.8. The Balaban J connectivity index is 1.33. The lowest BCUT2D eigenvalue weighted by molar-refractivity contribution is 0.182. The molecule has 0 amide bonds. The summed E-state index contributed by atoms with van der Waals surface area (Å²) in [7, 11) is 0. The molecule has 2 heterocycles. The molecule has 0 spiro atoms. The van der Waals surface area contributed by atoms with Crippen molar-refractivity contribution in [2.75, 3.05) is 0 Å². The number of nitrogens with zero attached hydrogens (tertiary/aromatic N) is 1. The molecule has 4 rings (SSSR count). The van der Waals surface area contributed by atoms with Crippen LogP contribution in [0.2, 0.25) is 0 Å². The summed E-state index contributed by atoms with van der Waals surface area (Å²) in [5.74, 6) is 2.92. The molecule has 1 atom stereocenters. The van der Waals surface area contributed by atoms with Crippen molar-refractivity contribution in [3.63, 3.8) is 0 Å². The molecule has 1 nitrogen and oxygen atoms in total. The fourth-order valence-corrected chi connectivity index (χ4v) is 5.93. The normalized spacial score (nSPS) is 25.8. The smallest absolute Gasteiger partial charge is 0.0805 e. The van der Waals surface area contributed by atoms with Crippen molar-refractivity contribution in [2.45, 2.75) is 77.6 Å². The van der Waals surface area contributed by atoms with Gasteiger partial charge < -0.3 is 0 Å². The van der Waals surface area contributed by atoms with Gasteiger partial charge in [-0.15, -0.1) is 11.3 Å². The van der Waals surface area contributed by atoms with Gasteiger partial charge in [-0.3, -0.25) is 4.98 Å². The Morgan fingerprint density at radius 1 is 1.00 bits per heavy atom. The Morgan fingerprint density at radius 2 is 1.88 bits per heavy atom. The van der Waals surface area contributed by atoms with E-state index >= 15 is 0 Å². The van der Waals surface area contributed by atoms with Crippen LogP contribution < -0.4 is 0 Å². The Bertz CT molecular complexity index is 682. The second kappa shape index (κ2) is 8.69. The fraction of sp³-hybridized carbons (Fsp3) is 0.625. The van der Waals surface area contributed by atoms with E-state index in [4.69, 9.17) is 4.98 Å². The minimum Gasteiger partial charge on any atom is -0.252 e. The van der Waals surface area contributed by atoms with Crippen molar-refractivity contribution in [1.82, 2.24) is 4.98 Å². The molecule has 1 fully saturated rings. The molecule has 0 aliphatic heterocycles. The number of unbranched alkanes of at least 4 members (excludes halogenated alkanes) is 2. The largest absolute Gasteiger partial charge is 0.252 e. The maximum absolute atomic E-state index is 5.00. The standard InChI is InChI=1S/C24H33NS/c1-2-3-4-6-18-8-10-19(11-9-18)20-12-14-22-21(17-20)13-15-23(25-22)24-7-5-16-26-24/h5,7,13,15-16,18-20H,2-4,6,8-12,14,17H2,1H3/t18-,19-,20?. The minimum atomic E-state index is 0.911. The lowest BCUT2D eigenvalue weighted by Gasteiger charge is -2.36. The van der Waals surface area contributed by atoms with Crippen molar-refractivity contribution in [3.05, 3.63) is 40.9 Å². The van der Waals surface area contributed by atoms with Crippen LogP contribution in [0.5, 0.6) is 0 Å². The number of hydrogen-bond donors (Lipinski definition) is 0. The van der Waals surface area contributed by atoms with E-state index < -0.39 is 0 Å². The minimum absolute atomic E-state index is 0.911. The topological polar surface area (TPSA) is 12.9 Å². The molecule has 0 saturated heterocycles. The lowest BCUT2D eigenvalue weighted by atomic mass is 9.70. The van der Waals surface area contributed by atoms with Crippen LogP contribution in [0.3, 0.4) is 0 Å². The summed E-state index contributed by atoms with van der Waals surface area (Å²) in [6.07, 6.45) is 15.5. The van der Waals surface area contributed by atoms with Crippen LogP contribution in [-0.4, -0.2) is 4.98 Å². The molecule has 0 radical (unpaired) electrons. The molecule has 1 saturated carbocycles. The van der Waals surface area contributed by atoms with Gasteiger partial charge in [-0.2, -0.15) is 0 Å². The molecule has 26 heavy (non-hydrogen) atoms. The van der Waals surface area contributed by atoms with E-state index in [1.54, 1.807) is 11.3 Å². The van der Waals surface area contributed by atoms with Gasteiger partial charge in [0.15, 0.2) is 0 Å². The third kappa shape index (κ3) is 4.22. The van der Waals surface area contributed by atoms with Crippen LogP contribution in [0.15, 0.2) is 29.6 Å². The fourth-order valence-electron chi connectivity index (χ4n) is 5.23. The first kappa shape index (κ1) is 18.2. The van der Waals surface area contributed by atoms with E-state index in [0.717, 1.165) is 17.8 Å². The summed E-state index contributed by atoms with van der Waals surface area (Å²) in [5.41, 5.74) is 4.08. The molecule has 0 bridgehead atoms. The SMILES string of the molecule is CCCCC[C@H]1CC[C@H](C2CCc3nc(-c4cccs4)ccc3C2)CC1. The van der Waals surface area contributed by atoms with Gasteiger partial charge in [0.25, 0.3) is 0 Å². The van der Waals surface area contributed by atoms with E-state index in [-0.39, 0.29) is 0 Å². The van der Waals surface area contributed by atoms with Gasteiger partial charge in [-0.1, -0.05) is 57.6 Å². The van der Waals surface area contributed by atoms with Gasteiger partial charge in [0, 0.05) is 5.69 Å². The van der Waals surface area contributed by atoms with E-state index in [1.807, 2.05) is 0 Å². The van der Waals surface area contributed by atoms with E-state index in [0.29, 0.717) is 0 Å². The molecule has 1 unspecified atom stereocenters. The summed E-state index contributed by atoms with van der Waals surface area (Å²) in [5, 5.41) is 2.14. The van der Waals surface area contributed by atoms with E-state index in [2.05, 4.69) is 36.6 Å². The zero-order valence-corrected chi connectivity index (χ0v) is 17.1. The van der Waals surface area contributed by atoms with Crippen molar-refractivity contribution >= 4 is 11.3 Å². The quantitative estimate of drug-likeness (QED) is 0.488. The summed E-state index contributed by atoms with van der Waals surface area (Å²) in [6.45, 7) is 2.32. The number of rotatable bonds is 6. The van der Waals surface area contributed by atoms with Gasteiger partial charge in [0.2, 0.25) is 0 Å². The molecule has 0 aromatic carbocycles. The number of thiophene rings is 1. The summed E-state index contributed by atoms with van der Waals surface area (Å²) in [4.78, 5) is 6.30. The zero-order valence-electron chi connectivity index (χ0n) is 16.3. The monoisotopic (exact) mass is 367 g/mol. The molecule has 2 aliphatic carbocycles. The molecule has 2 aromatic rings. The highest BCUT2D eigenvalue weighted by atomic mass is 32.1. The number of aromatic nitrogens is 1. The number of aryl methyl sites for hydroxylation is 1. The Morgan fingerprint density at radius 3 is 2.65 bits per heavy atom. The summed E-state index contributed by atoms with van der Waals surface area (Å²) >= 11 is 1.79. The second-order valence-electron chi connectivity index (χ2n) is 8.56. The van der Waals surface area contributed by atoms with Crippen molar-refractivity contribution in [3.8, 4) is 10.6 Å². The molecule has 0 N–H and O–H groups in total. The van der Waals surface area contributed by atoms with Crippen LogP contribution in [-0.2, 0) is 12.8 Å². The zero-order chi connectivity index (χ0) is 17.8. The van der Waals surface area contributed by atoms with Gasteiger partial charge in [-0.25, -0.2) is 0 Å². The highest BCUT2D eigenvalue weighted by Gasteiger charge is 2.30. The number of fused-ring (bicyclic) bond motifs is 1. The molecule has 140 valence electrons. The summed E-state index contributed by atoms with van der Waals surface area (Å²) < 4.78 is 0. The maximum atomic E-state index is 5.00. The van der Waals surface area contributed by atoms with Crippen LogP contribution in [0.25, 0.3) is 10.6 Å². The van der Waals surface area contributed by atoms with Crippen LogP contribution in [0.4, 0.5) is 0 Å². The van der Waals surface area contributed by atoms with Gasteiger partial charge >= 0.3 is 0 Å². The van der Waals surface area contributed by atoms with Crippen molar-refractivity contribution < 1.29 is 0 Å². The first-order valence-electron chi connectivity index (χ1n) is 10.9. The van der Waals surface area contributed by atoms with Gasteiger partial charge in [-0.05, 0) is 72.9 Å². The Hall–Kier alpha value is -1.15. The predicted octanol–water partition coefficient (Wildman–Crippen LogP) is 7.30. The first-order valence-corrected chi connectivity index (χ1v) is 11.7. The van der Waals surface area contributed by atoms with Gasteiger partial charge in [0.1, 0.15) is 0 Å². The van der Waals surface area contributed by atoms with Crippen LogP contribution in [0, 0.1) is 17.8 Å². The molecule has 2 aliphatic rings. The highest BCUT2D eigenvalue weighted by Crippen LogP contribution is 2.40. The van der Waals surface area contributed by atoms with Gasteiger partial charge in [0.05, 0.1) is 10.6 Å². The lowest BCUT2D eigenvalue weighted by Crippen LogP contribution is -2.27. The van der Waals surface area contributed by atoms with E-state index in [9.17, 15) is 0 Å². The van der Waals surface area contributed by atoms with Crippen molar-refractivity contribution in [2.24, 2.45) is 17.8 Å². The average molecular weight is 368 g/mol. The average Bonchev–Trinajstić information content (AvgIpc) is 3.23. The maximum Gasteiger partial charge on any atom is 0.0805 e. The molecule has 2 aromatic heterocycles. The molecular weight excluding hydrogens is 334 g/mol. The third-order valence-electron chi connectivity index (χ3n) is 6.85. The highest BCUT2D eigenvalue weighted by molar-refractivity contribution is 7.13. The molecular formula is C24H33NS. The van der Waals surface area contributed by atoms with E-state index in [1.165, 1.54) is 92.5 Å². The Labute approximate surface area is 163 Å². The Kier molecular flexibility index (Phi) is 6.09.